The number of allylic oxidation sites excluding steroid dienone is 1. The minimum atomic E-state index is -5.66. The van der Waals surface area contributed by atoms with Crippen molar-refractivity contribution in [2.45, 2.75) is 14.7 Å². The first-order valence-electron chi connectivity index (χ1n) is 15.9. The molecule has 5 aromatic rings. The number of carbonyl (C=O) groups is 1. The van der Waals surface area contributed by atoms with Crippen LogP contribution in [-0.2, 0) is 54.8 Å². The molecule has 316 valence electrons. The van der Waals surface area contributed by atoms with Crippen LogP contribution in [-0.4, -0.2) is 99.1 Å². The Labute approximate surface area is 458 Å². The van der Waals surface area contributed by atoms with Crippen molar-refractivity contribution < 1.29 is 188 Å². The summed E-state index contributed by atoms with van der Waals surface area (Å²) in [5.41, 5.74) is -1.14. The van der Waals surface area contributed by atoms with Crippen LogP contribution in [0.5, 0.6) is 0 Å². The Bertz CT molecular complexity index is 3280. The molecule has 1 aliphatic rings. The molecule has 0 amide bonds. The van der Waals surface area contributed by atoms with Gasteiger partial charge in [-0.05, 0) is 71.1 Å². The number of hydrogen-bond acceptors (Lipinski definition) is 23. The predicted molar refractivity (Wildman–Crippen MR) is 205 cm³/mol. The number of hydrogen-bond donors (Lipinski definition) is 3. The van der Waals surface area contributed by atoms with Crippen LogP contribution in [0.25, 0.3) is 16.8 Å². The van der Waals surface area contributed by atoms with Gasteiger partial charge in [0, 0.05) is 11.1 Å². The number of benzene rings is 4. The van der Waals surface area contributed by atoms with Gasteiger partial charge in [-0.1, -0.05) is 30.3 Å². The van der Waals surface area contributed by atoms with E-state index in [0.717, 1.165) is 18.2 Å². The molecule has 0 atom stereocenters. The van der Waals surface area contributed by atoms with Crippen LogP contribution in [0.4, 0.5) is 29.0 Å². The predicted octanol–water partition coefficient (Wildman–Crippen LogP) is -10.2. The van der Waals surface area contributed by atoms with Crippen LogP contribution in [0, 0.1) is 0 Å². The number of ketones is 1. The van der Waals surface area contributed by atoms with Gasteiger partial charge in [-0.15, -0.1) is 0 Å². The number of rotatable bonds is 14. The van der Waals surface area contributed by atoms with E-state index in [1.807, 2.05) is 0 Å². The molecule has 0 spiro atoms. The second kappa shape index (κ2) is 22.7. The number of halogens is 1. The van der Waals surface area contributed by atoms with Gasteiger partial charge in [0.25, 0.3) is 0 Å². The number of hydrazone groups is 1. The fourth-order valence-corrected chi connectivity index (χ4v) is 8.95. The Morgan fingerprint density at radius 3 is 1.88 bits per heavy atom. The topological polar surface area (TPSA) is 376 Å². The summed E-state index contributed by atoms with van der Waals surface area (Å²) in [6.45, 7) is -0.938. The molecule has 1 heterocycles. The van der Waals surface area contributed by atoms with Crippen LogP contribution in [0.2, 0.25) is 5.28 Å². The molecule has 3 N–H and O–H groups in total. The van der Waals surface area contributed by atoms with Gasteiger partial charge in [-0.3, -0.25) is 14.4 Å². The molecule has 0 fully saturated rings. The second-order valence-electron chi connectivity index (χ2n) is 11.9. The van der Waals surface area contributed by atoms with Crippen LogP contribution in [0.15, 0.2) is 97.5 Å². The molecule has 0 saturated heterocycles. The Kier molecular flexibility index (Phi) is 20.8. The number of sulfone groups is 1. The molecule has 33 heteroatoms. The van der Waals surface area contributed by atoms with Crippen LogP contribution >= 0.6 is 11.6 Å². The first kappa shape index (κ1) is 58.6. The molecular weight excluding hydrogens is 1010 g/mol. The maximum atomic E-state index is 14.1. The van der Waals surface area contributed by atoms with Crippen molar-refractivity contribution in [2.75, 3.05) is 28.4 Å². The fourth-order valence-electron chi connectivity index (χ4n) is 5.49. The SMILES string of the molecule is O=C1C(=NNc2c(S(=O)(=O)[O-])ccc3ccccc23)C(S(=O)(=O)[O-])=Cc2cc(S(=O)(=O)[O-])cc(Nc3nc(Cl)nc(Nc4ccc(S(=O)(=O)CCOS(=O)(=O)[O-])cc4)n3)c21.[Na+].[Na+].[Na+].[Na+]. The minimum Gasteiger partial charge on any atom is -0.744 e. The number of nitrogens with zero attached hydrogens (tertiary/aromatic N) is 4. The van der Waals surface area contributed by atoms with Crippen LogP contribution in [0.3, 0.4) is 0 Å². The summed E-state index contributed by atoms with van der Waals surface area (Å²) < 4.78 is 171. The maximum Gasteiger partial charge on any atom is 1.00 e. The summed E-state index contributed by atoms with van der Waals surface area (Å²) in [6.07, 6.45) is 0.532. The van der Waals surface area contributed by atoms with E-state index in [1.165, 1.54) is 36.4 Å². The Morgan fingerprint density at radius 1 is 0.688 bits per heavy atom. The molecule has 0 saturated carbocycles. The standard InChI is InChI=1S/C31H24ClN7O16S5.4Na/c32-29-35-30(33-18-6-8-19(9-7-18)56(41,42)12-11-55-60(52,53)54)37-31(36-29)34-22-15-20(57(43,44)45)13-17-14-24(59(49,50)51)27(28(40)25(17)22)39-38-26-21-4-2-1-3-16(21)5-10-23(26)58(46,47)48;;;;/h1-10,13-15,38H,11-12H2,(H,43,44,45)(H,46,47,48)(H,49,50,51)(H,52,53,54)(H2,33,34,35,36,37);;;;/q;4*+1/p-4. The fraction of sp³-hybridized carbons (Fsp3) is 0.0645. The van der Waals surface area contributed by atoms with Crippen LogP contribution in [0.1, 0.15) is 15.9 Å². The quantitative estimate of drug-likeness (QED) is 0.0402. The van der Waals surface area contributed by atoms with Crippen molar-refractivity contribution in [3.05, 3.63) is 94.1 Å². The molecule has 0 unspecified atom stereocenters. The third-order valence-electron chi connectivity index (χ3n) is 8.01. The normalized spacial score (nSPS) is 13.5. The molecule has 23 nitrogen and oxygen atoms in total. The van der Waals surface area contributed by atoms with Crippen molar-refractivity contribution in [2.24, 2.45) is 5.10 Å². The summed E-state index contributed by atoms with van der Waals surface area (Å²) in [4.78, 5) is 22.4. The van der Waals surface area contributed by atoms with Gasteiger partial charge >= 0.3 is 118 Å². The van der Waals surface area contributed by atoms with Gasteiger partial charge in [-0.2, -0.15) is 20.1 Å². The molecule has 64 heavy (non-hydrogen) atoms. The van der Waals surface area contributed by atoms with Crippen molar-refractivity contribution >= 4 is 119 Å². The van der Waals surface area contributed by atoms with E-state index in [-0.39, 0.29) is 140 Å². The van der Waals surface area contributed by atoms with E-state index in [2.05, 4.69) is 40.3 Å². The molecule has 6 rings (SSSR count). The molecule has 0 bridgehead atoms. The van der Waals surface area contributed by atoms with Gasteiger partial charge in [-0.25, -0.2) is 42.1 Å². The van der Waals surface area contributed by atoms with Gasteiger partial charge in [0.1, 0.15) is 36.1 Å². The van der Waals surface area contributed by atoms with Crippen molar-refractivity contribution in [3.63, 3.8) is 0 Å². The van der Waals surface area contributed by atoms with Gasteiger partial charge < -0.3 is 28.8 Å². The van der Waals surface area contributed by atoms with E-state index in [4.69, 9.17) is 11.6 Å². The number of nitrogens with one attached hydrogen (secondary N) is 3. The molecule has 1 aliphatic carbocycles. The zero-order valence-corrected chi connectivity index (χ0v) is 46.0. The van der Waals surface area contributed by atoms with Crippen LogP contribution < -0.4 is 134 Å². The zero-order valence-electron chi connectivity index (χ0n) is 33.2. The minimum absolute atomic E-state index is 0. The van der Waals surface area contributed by atoms with E-state index >= 15 is 0 Å². The third-order valence-corrected chi connectivity index (χ3v) is 12.9. The first-order chi connectivity index (χ1) is 27.8. The van der Waals surface area contributed by atoms with Crippen molar-refractivity contribution in [1.82, 2.24) is 15.0 Å². The summed E-state index contributed by atoms with van der Waals surface area (Å²) in [5.74, 6) is -3.18. The average molecular weight is 1030 g/mol. The average Bonchev–Trinajstić information content (AvgIpc) is 3.12. The maximum absolute atomic E-state index is 14.1. The summed E-state index contributed by atoms with van der Waals surface area (Å²) in [7, 11) is -25.5. The van der Waals surface area contributed by atoms with E-state index < -0.39 is 123 Å². The molecule has 4 aromatic carbocycles. The molecular formula is C31H20ClN7Na4O16S5. The number of fused-ring (bicyclic) bond motifs is 2. The van der Waals surface area contributed by atoms with E-state index in [9.17, 15) is 65.1 Å². The largest absolute Gasteiger partial charge is 1.00 e. The van der Waals surface area contributed by atoms with Crippen molar-refractivity contribution in [1.29, 1.82) is 0 Å². The summed E-state index contributed by atoms with van der Waals surface area (Å²) >= 11 is 6.09. The second-order valence-corrected chi connectivity index (χ2v) is 19.5. The number of anilines is 5. The van der Waals surface area contributed by atoms with Crippen molar-refractivity contribution in [3.8, 4) is 0 Å². The van der Waals surface area contributed by atoms with Gasteiger partial charge in [0.15, 0.2) is 9.84 Å². The zero-order chi connectivity index (χ0) is 44.0. The van der Waals surface area contributed by atoms with E-state index in [0.29, 0.717) is 23.6 Å². The van der Waals surface area contributed by atoms with Gasteiger partial charge in [0.05, 0.1) is 48.9 Å². The third kappa shape index (κ3) is 14.5. The molecule has 1 aromatic heterocycles. The smallest absolute Gasteiger partial charge is 0.744 e. The number of Topliss-reactive ketones (excluding diaryl/α,β-unsaturated/α-hetero) is 1. The monoisotopic (exact) mass is 1030 g/mol. The van der Waals surface area contributed by atoms with Gasteiger partial charge in [0.2, 0.25) is 33.4 Å². The summed E-state index contributed by atoms with van der Waals surface area (Å²) in [5, 5.41) is 8.80. The Balaban J connectivity index is 0.00000352. The van der Waals surface area contributed by atoms with E-state index in [1.54, 1.807) is 6.07 Å². The molecule has 0 radical (unpaired) electrons. The summed E-state index contributed by atoms with van der Waals surface area (Å²) in [6, 6.07) is 14.0. The first-order valence-corrected chi connectivity index (χ1v) is 23.5. The molecule has 0 aliphatic heterocycles. The number of carbonyl (C=O) groups excluding carboxylic acids is 1. The number of aromatic nitrogens is 3. The Hall–Kier alpha value is -1.53. The Morgan fingerprint density at radius 2 is 1.30 bits per heavy atom.